The summed E-state index contributed by atoms with van der Waals surface area (Å²) in [5.41, 5.74) is 3.99. The Labute approximate surface area is 135 Å². The van der Waals surface area contributed by atoms with Crippen molar-refractivity contribution in [1.29, 1.82) is 0 Å². The summed E-state index contributed by atoms with van der Waals surface area (Å²) >= 11 is 0. The van der Waals surface area contributed by atoms with Gasteiger partial charge in [-0.15, -0.1) is 0 Å². The molecule has 1 heterocycles. The van der Waals surface area contributed by atoms with Crippen molar-refractivity contribution < 1.29 is 0 Å². The first-order chi connectivity index (χ1) is 10.7. The van der Waals surface area contributed by atoms with Gasteiger partial charge < -0.3 is 9.88 Å². The Hall–Kier alpha value is -0.903. The minimum absolute atomic E-state index is 0.779. The monoisotopic (exact) mass is 312 g/mol. The molecule has 1 aliphatic heterocycles. The SMILES string of the molecule is C[Si](C)(C1CCC2c3ccccc3C=CC21)N1CCNCC1. The number of nitrogens with one attached hydrogen (secondary N) is 1. The van der Waals surface area contributed by atoms with Crippen LogP contribution in [0.15, 0.2) is 30.3 Å². The quantitative estimate of drug-likeness (QED) is 0.838. The van der Waals surface area contributed by atoms with Crippen molar-refractivity contribution >= 4 is 14.3 Å². The molecular weight excluding hydrogens is 284 g/mol. The summed E-state index contributed by atoms with van der Waals surface area (Å²) in [7, 11) is -1.36. The van der Waals surface area contributed by atoms with Gasteiger partial charge >= 0.3 is 0 Å². The Kier molecular flexibility index (Phi) is 3.75. The van der Waals surface area contributed by atoms with E-state index in [1.165, 1.54) is 44.6 Å². The molecule has 118 valence electrons. The van der Waals surface area contributed by atoms with Crippen molar-refractivity contribution in [3.8, 4) is 0 Å². The van der Waals surface area contributed by atoms with Gasteiger partial charge in [-0.3, -0.25) is 0 Å². The number of allylic oxidation sites excluding steroid dienone is 1. The number of nitrogens with zero attached hydrogens (tertiary/aromatic N) is 1. The smallest absolute Gasteiger partial charge is 0.126 e. The Morgan fingerprint density at radius 3 is 2.68 bits per heavy atom. The zero-order chi connectivity index (χ0) is 15.2. The van der Waals surface area contributed by atoms with E-state index >= 15 is 0 Å². The molecule has 2 fully saturated rings. The molecule has 2 aliphatic carbocycles. The lowest BCUT2D eigenvalue weighted by Crippen LogP contribution is -2.59. The Morgan fingerprint density at radius 2 is 1.86 bits per heavy atom. The highest BCUT2D eigenvalue weighted by molar-refractivity contribution is 6.76. The molecule has 3 atom stereocenters. The molecular formula is C19H28N2Si. The van der Waals surface area contributed by atoms with Crippen LogP contribution in [0.3, 0.4) is 0 Å². The van der Waals surface area contributed by atoms with E-state index in [1.807, 2.05) is 0 Å². The predicted molar refractivity (Wildman–Crippen MR) is 96.6 cm³/mol. The summed E-state index contributed by atoms with van der Waals surface area (Å²) in [6, 6.07) is 9.06. The molecule has 3 unspecified atom stereocenters. The second-order valence-corrected chi connectivity index (χ2v) is 12.4. The lowest BCUT2D eigenvalue weighted by molar-refractivity contribution is 0.347. The van der Waals surface area contributed by atoms with Gasteiger partial charge in [0.25, 0.3) is 0 Å². The van der Waals surface area contributed by atoms with E-state index < -0.39 is 8.24 Å². The molecule has 3 aliphatic rings. The van der Waals surface area contributed by atoms with Gasteiger partial charge in [0.2, 0.25) is 0 Å². The van der Waals surface area contributed by atoms with Gasteiger partial charge in [-0.1, -0.05) is 55.9 Å². The summed E-state index contributed by atoms with van der Waals surface area (Å²) in [5.74, 6) is 1.56. The zero-order valence-electron chi connectivity index (χ0n) is 13.9. The highest BCUT2D eigenvalue weighted by Crippen LogP contribution is 2.55. The summed E-state index contributed by atoms with van der Waals surface area (Å²) in [4.78, 5) is 0. The van der Waals surface area contributed by atoms with Crippen LogP contribution in [0, 0.1) is 5.92 Å². The van der Waals surface area contributed by atoms with Crippen molar-refractivity contribution in [2.75, 3.05) is 26.2 Å². The molecule has 1 saturated carbocycles. The van der Waals surface area contributed by atoms with Crippen LogP contribution >= 0.6 is 0 Å². The third kappa shape index (κ3) is 2.30. The van der Waals surface area contributed by atoms with E-state index in [0.29, 0.717) is 0 Å². The van der Waals surface area contributed by atoms with Crippen LogP contribution in [0.4, 0.5) is 0 Å². The number of rotatable bonds is 2. The van der Waals surface area contributed by atoms with Crippen LogP contribution in [-0.2, 0) is 0 Å². The Balaban J connectivity index is 1.61. The zero-order valence-corrected chi connectivity index (χ0v) is 14.9. The largest absolute Gasteiger partial charge is 0.321 e. The summed E-state index contributed by atoms with van der Waals surface area (Å²) < 4.78 is 2.87. The van der Waals surface area contributed by atoms with E-state index in [4.69, 9.17) is 0 Å². The maximum Gasteiger partial charge on any atom is 0.126 e. The van der Waals surface area contributed by atoms with Gasteiger partial charge in [0.15, 0.2) is 0 Å². The Bertz CT molecular complexity index is 575. The summed E-state index contributed by atoms with van der Waals surface area (Å²) in [6.07, 6.45) is 7.77. The maximum atomic E-state index is 3.51. The molecule has 1 aromatic rings. The first-order valence-corrected chi connectivity index (χ1v) is 11.9. The highest BCUT2D eigenvalue weighted by atomic mass is 28.3. The van der Waals surface area contributed by atoms with E-state index in [0.717, 1.165) is 17.4 Å². The van der Waals surface area contributed by atoms with Crippen LogP contribution in [0.2, 0.25) is 18.6 Å². The number of hydrogen-bond donors (Lipinski definition) is 1. The van der Waals surface area contributed by atoms with Crippen molar-refractivity contribution in [3.63, 3.8) is 0 Å². The third-order valence-corrected chi connectivity index (χ3v) is 11.0. The van der Waals surface area contributed by atoms with Crippen LogP contribution < -0.4 is 5.32 Å². The minimum Gasteiger partial charge on any atom is -0.321 e. The molecule has 0 amide bonds. The van der Waals surface area contributed by atoms with E-state index in [9.17, 15) is 0 Å². The van der Waals surface area contributed by atoms with Crippen molar-refractivity contribution in [3.05, 3.63) is 41.5 Å². The summed E-state index contributed by atoms with van der Waals surface area (Å²) in [6.45, 7) is 10.1. The molecule has 3 heteroatoms. The molecule has 1 saturated heterocycles. The average Bonchev–Trinajstić information content (AvgIpc) is 3.01. The van der Waals surface area contributed by atoms with Crippen molar-refractivity contribution in [2.45, 2.75) is 37.4 Å². The predicted octanol–water partition coefficient (Wildman–Crippen LogP) is 3.69. The van der Waals surface area contributed by atoms with Crippen LogP contribution in [-0.4, -0.2) is 39.0 Å². The van der Waals surface area contributed by atoms with E-state index in [2.05, 4.69) is 59.4 Å². The van der Waals surface area contributed by atoms with Gasteiger partial charge in [0, 0.05) is 26.2 Å². The molecule has 2 nitrogen and oxygen atoms in total. The van der Waals surface area contributed by atoms with Gasteiger partial charge in [0.1, 0.15) is 8.24 Å². The number of hydrogen-bond acceptors (Lipinski definition) is 2. The fourth-order valence-corrected chi connectivity index (χ4v) is 9.17. The highest BCUT2D eigenvalue weighted by Gasteiger charge is 2.48. The van der Waals surface area contributed by atoms with Gasteiger partial charge in [-0.25, -0.2) is 0 Å². The molecule has 1 N–H and O–H groups in total. The molecule has 0 radical (unpaired) electrons. The molecule has 1 aromatic carbocycles. The molecule has 0 spiro atoms. The fourth-order valence-electron chi connectivity index (χ4n) is 5.17. The van der Waals surface area contributed by atoms with Gasteiger partial charge in [-0.2, -0.15) is 0 Å². The lowest BCUT2D eigenvalue weighted by Gasteiger charge is -2.45. The standard InChI is InChI=1S/C19H28N2Si/c1-22(2,21-13-11-20-12-14-21)19-10-9-17-16-6-4-3-5-15(16)7-8-18(17)19/h3-8,17-20H,9-14H2,1-2H3. The van der Waals surface area contributed by atoms with Crippen LogP contribution in [0.1, 0.15) is 29.9 Å². The number of benzene rings is 1. The topological polar surface area (TPSA) is 15.3 Å². The molecule has 22 heavy (non-hydrogen) atoms. The normalized spacial score (nSPS) is 31.8. The van der Waals surface area contributed by atoms with Crippen LogP contribution in [0.5, 0.6) is 0 Å². The van der Waals surface area contributed by atoms with Gasteiger partial charge in [0.05, 0.1) is 0 Å². The number of fused-ring (bicyclic) bond motifs is 3. The molecule has 0 aromatic heterocycles. The number of piperazine rings is 1. The molecule has 4 rings (SSSR count). The van der Waals surface area contributed by atoms with E-state index in [1.54, 1.807) is 5.56 Å². The summed E-state index contributed by atoms with van der Waals surface area (Å²) in [5, 5.41) is 3.51. The maximum absolute atomic E-state index is 3.51. The van der Waals surface area contributed by atoms with Crippen LogP contribution in [0.25, 0.3) is 6.08 Å². The van der Waals surface area contributed by atoms with E-state index in [-0.39, 0.29) is 0 Å². The van der Waals surface area contributed by atoms with Gasteiger partial charge in [-0.05, 0) is 34.9 Å². The van der Waals surface area contributed by atoms with Crippen molar-refractivity contribution in [2.24, 2.45) is 5.92 Å². The first-order valence-electron chi connectivity index (χ1n) is 8.91. The average molecular weight is 313 g/mol. The van der Waals surface area contributed by atoms with Crippen molar-refractivity contribution in [1.82, 2.24) is 9.88 Å². The second-order valence-electron chi connectivity index (χ2n) is 7.75. The fraction of sp³-hybridized carbons (Fsp3) is 0.579. The minimum atomic E-state index is -1.36. The lowest BCUT2D eigenvalue weighted by atomic mass is 9.81. The first kappa shape index (κ1) is 14.7. The molecule has 0 bridgehead atoms. The second kappa shape index (κ2) is 5.62. The third-order valence-electron chi connectivity index (χ3n) is 6.45. The Morgan fingerprint density at radius 1 is 1.09 bits per heavy atom.